The standard InChI is InChI=1S/C46H65N3O8/c1-5-27(8-7-17-50)11-12-28-19-31-21-37(53)32(18-26(2)3)20-34(31)44-42(55-4)24-40-35(43(28)44)23-38(54)45(57-40)29-13-14-36(52)41(22-29)56-39-10-6-9-30(25-51)33(39)15-16-49-46(47)48/h13-14,20-22,24,26-28,30,33,38-39,45,50-54H,5-12,15-19,23,25H2,1-4H3,(H4,47,48,49)/t27-,28-,30+,33+,38-,39-,45+/m1/s1. The van der Waals surface area contributed by atoms with Crippen LogP contribution < -0.4 is 25.7 Å². The summed E-state index contributed by atoms with van der Waals surface area (Å²) in [7, 11) is 1.68. The fourth-order valence-electron chi connectivity index (χ4n) is 9.80. The van der Waals surface area contributed by atoms with E-state index < -0.39 is 12.2 Å². The number of aliphatic hydroxyl groups excluding tert-OH is 3. The number of hydrogen-bond donors (Lipinski definition) is 7. The van der Waals surface area contributed by atoms with Crippen LogP contribution in [0.3, 0.4) is 0 Å². The Labute approximate surface area is 338 Å². The van der Waals surface area contributed by atoms with Crippen LogP contribution in [0.2, 0.25) is 0 Å². The molecule has 0 saturated heterocycles. The topological polar surface area (TPSA) is 193 Å². The molecule has 11 nitrogen and oxygen atoms in total. The number of benzene rings is 3. The first-order chi connectivity index (χ1) is 27.5. The van der Waals surface area contributed by atoms with Gasteiger partial charge < -0.3 is 51.2 Å². The first-order valence-corrected chi connectivity index (χ1v) is 21.2. The van der Waals surface area contributed by atoms with Crippen LogP contribution >= 0.6 is 0 Å². The lowest BCUT2D eigenvalue weighted by Gasteiger charge is -2.38. The molecule has 11 heteroatoms. The summed E-state index contributed by atoms with van der Waals surface area (Å²) < 4.78 is 19.5. The van der Waals surface area contributed by atoms with Crippen molar-refractivity contribution in [2.75, 3.05) is 26.9 Å². The van der Waals surface area contributed by atoms with Gasteiger partial charge in [-0.15, -0.1) is 0 Å². The molecule has 0 unspecified atom stereocenters. The van der Waals surface area contributed by atoms with Crippen LogP contribution in [-0.2, 0) is 19.3 Å². The molecule has 7 atom stereocenters. The average Bonchev–Trinajstić information content (AvgIpc) is 3.18. The molecule has 1 fully saturated rings. The van der Waals surface area contributed by atoms with Gasteiger partial charge in [0.05, 0.1) is 13.2 Å². The van der Waals surface area contributed by atoms with Gasteiger partial charge >= 0.3 is 0 Å². The molecule has 1 aliphatic heterocycles. The molecule has 6 rings (SSSR count). The molecule has 0 amide bonds. The van der Waals surface area contributed by atoms with Crippen molar-refractivity contribution in [3.05, 3.63) is 64.2 Å². The zero-order chi connectivity index (χ0) is 40.8. The van der Waals surface area contributed by atoms with Gasteiger partial charge in [-0.05, 0) is 140 Å². The molecule has 3 aromatic carbocycles. The smallest absolute Gasteiger partial charge is 0.185 e. The number of aliphatic hydroxyl groups is 3. The summed E-state index contributed by atoms with van der Waals surface area (Å²) in [6.07, 6.45) is 7.83. The lowest BCUT2D eigenvalue weighted by Crippen LogP contribution is -2.39. The van der Waals surface area contributed by atoms with Crippen molar-refractivity contribution in [2.45, 2.75) is 122 Å². The normalized spacial score (nSPS) is 23.2. The molecule has 2 aliphatic carbocycles. The summed E-state index contributed by atoms with van der Waals surface area (Å²) in [5.41, 5.74) is 18.0. The van der Waals surface area contributed by atoms with E-state index in [9.17, 15) is 25.5 Å². The summed E-state index contributed by atoms with van der Waals surface area (Å²) in [6, 6.07) is 11.1. The Balaban J connectivity index is 1.35. The molecule has 312 valence electrons. The van der Waals surface area contributed by atoms with E-state index in [4.69, 9.17) is 25.7 Å². The summed E-state index contributed by atoms with van der Waals surface area (Å²) in [6.45, 7) is 7.15. The summed E-state index contributed by atoms with van der Waals surface area (Å²) in [4.78, 5) is 4.17. The number of rotatable bonds is 17. The average molecular weight is 788 g/mol. The van der Waals surface area contributed by atoms with Gasteiger partial charge in [-0.3, -0.25) is 4.99 Å². The minimum Gasteiger partial charge on any atom is -0.508 e. The molecule has 0 bridgehead atoms. The van der Waals surface area contributed by atoms with E-state index in [-0.39, 0.29) is 48.8 Å². The summed E-state index contributed by atoms with van der Waals surface area (Å²) in [5, 5.41) is 53.9. The van der Waals surface area contributed by atoms with Crippen molar-refractivity contribution in [3.8, 4) is 39.9 Å². The van der Waals surface area contributed by atoms with Crippen molar-refractivity contribution in [1.29, 1.82) is 0 Å². The molecular formula is C46H65N3O8. The second-order valence-electron chi connectivity index (χ2n) is 17.0. The number of methoxy groups -OCH3 is 1. The molecule has 3 aliphatic rings. The molecule has 3 aromatic rings. The molecule has 0 spiro atoms. The summed E-state index contributed by atoms with van der Waals surface area (Å²) in [5.74, 6) is 2.97. The molecule has 57 heavy (non-hydrogen) atoms. The van der Waals surface area contributed by atoms with Crippen LogP contribution in [0.5, 0.6) is 28.7 Å². The highest BCUT2D eigenvalue weighted by molar-refractivity contribution is 5.83. The predicted molar refractivity (Wildman–Crippen MR) is 223 cm³/mol. The van der Waals surface area contributed by atoms with E-state index in [1.165, 1.54) is 0 Å². The van der Waals surface area contributed by atoms with Crippen LogP contribution in [0.4, 0.5) is 0 Å². The van der Waals surface area contributed by atoms with E-state index in [0.29, 0.717) is 59.8 Å². The zero-order valence-electron chi connectivity index (χ0n) is 34.3. The quantitative estimate of drug-likeness (QED) is 0.0551. The van der Waals surface area contributed by atoms with Gasteiger partial charge in [0.15, 0.2) is 17.5 Å². The van der Waals surface area contributed by atoms with Crippen LogP contribution in [0.1, 0.15) is 118 Å². The van der Waals surface area contributed by atoms with Gasteiger partial charge in [-0.1, -0.05) is 33.3 Å². The third-order valence-electron chi connectivity index (χ3n) is 12.7. The largest absolute Gasteiger partial charge is 0.508 e. The van der Waals surface area contributed by atoms with Gasteiger partial charge in [-0.2, -0.15) is 0 Å². The van der Waals surface area contributed by atoms with Crippen molar-refractivity contribution >= 4 is 5.96 Å². The number of ether oxygens (including phenoxy) is 3. The Kier molecular flexibility index (Phi) is 14.2. The van der Waals surface area contributed by atoms with E-state index >= 15 is 0 Å². The third kappa shape index (κ3) is 9.58. The van der Waals surface area contributed by atoms with E-state index in [1.54, 1.807) is 25.3 Å². The minimum absolute atomic E-state index is 0.0111. The second kappa shape index (κ2) is 19.0. The minimum atomic E-state index is -0.889. The first kappa shape index (κ1) is 42.4. The second-order valence-corrected chi connectivity index (χ2v) is 17.0. The SMILES string of the molecule is CC[C@H](CCCO)CC[C@@H]1Cc2cc(O)c(CC(C)C)cc2-c2c(OC)cc3c(c21)C[C@@H](O)[C@H](c1ccc(O)c(O[C@@H]2CCC[C@@H](CO)[C@@H]2CCN=C(N)N)c1)O3. The molecule has 9 N–H and O–H groups in total. The third-order valence-corrected chi connectivity index (χ3v) is 12.7. The Morgan fingerprint density at radius 2 is 1.79 bits per heavy atom. The Bertz CT molecular complexity index is 1860. The van der Waals surface area contributed by atoms with Gasteiger partial charge in [0, 0.05) is 49.3 Å². The Morgan fingerprint density at radius 3 is 2.49 bits per heavy atom. The predicted octanol–water partition coefficient (Wildman–Crippen LogP) is 7.05. The van der Waals surface area contributed by atoms with Crippen LogP contribution in [0, 0.1) is 23.7 Å². The molecule has 1 saturated carbocycles. The number of phenolic OH excluding ortho intramolecular Hbond substituents is 2. The lowest BCUT2D eigenvalue weighted by molar-refractivity contribution is 0.0169. The van der Waals surface area contributed by atoms with Crippen LogP contribution in [-0.4, -0.2) is 70.6 Å². The number of guanidine groups is 1. The van der Waals surface area contributed by atoms with Crippen molar-refractivity contribution in [1.82, 2.24) is 0 Å². The number of aliphatic imine (C=N–C) groups is 1. The first-order valence-electron chi connectivity index (χ1n) is 21.2. The molecular weight excluding hydrogens is 723 g/mol. The lowest BCUT2D eigenvalue weighted by atomic mass is 9.71. The van der Waals surface area contributed by atoms with Crippen LogP contribution in [0.15, 0.2) is 41.4 Å². The maximum Gasteiger partial charge on any atom is 0.185 e. The van der Waals surface area contributed by atoms with Crippen molar-refractivity contribution in [2.24, 2.45) is 40.1 Å². The van der Waals surface area contributed by atoms with Crippen molar-refractivity contribution in [3.63, 3.8) is 0 Å². The fraction of sp³-hybridized carbons (Fsp3) is 0.587. The highest BCUT2D eigenvalue weighted by Gasteiger charge is 2.39. The number of aromatic hydroxyl groups is 2. The Hall–Kier alpha value is -4.19. The van der Waals surface area contributed by atoms with Crippen LogP contribution in [0.25, 0.3) is 11.1 Å². The van der Waals surface area contributed by atoms with Gasteiger partial charge in [-0.25, -0.2) is 0 Å². The number of phenols is 2. The molecule has 0 aromatic heterocycles. The fourth-order valence-corrected chi connectivity index (χ4v) is 9.80. The number of nitrogens with two attached hydrogens (primary N) is 2. The van der Waals surface area contributed by atoms with E-state index in [2.05, 4.69) is 31.8 Å². The van der Waals surface area contributed by atoms with Crippen molar-refractivity contribution < 1.29 is 39.7 Å². The number of fused-ring (bicyclic) bond motifs is 5. The number of nitrogens with zero attached hydrogens (tertiary/aromatic N) is 1. The monoisotopic (exact) mass is 787 g/mol. The zero-order valence-corrected chi connectivity index (χ0v) is 34.3. The number of hydrogen-bond acceptors (Lipinski definition) is 9. The van der Waals surface area contributed by atoms with Gasteiger partial charge in [0.2, 0.25) is 0 Å². The Morgan fingerprint density at radius 1 is 0.982 bits per heavy atom. The maximum absolute atomic E-state index is 12.0. The summed E-state index contributed by atoms with van der Waals surface area (Å²) >= 11 is 0. The van der Waals surface area contributed by atoms with E-state index in [0.717, 1.165) is 97.6 Å². The molecule has 0 radical (unpaired) electrons. The van der Waals surface area contributed by atoms with Gasteiger partial charge in [0.25, 0.3) is 0 Å². The highest BCUT2D eigenvalue weighted by atomic mass is 16.5. The molecule has 1 heterocycles. The maximum atomic E-state index is 12.0. The highest BCUT2D eigenvalue weighted by Crippen LogP contribution is 2.54. The van der Waals surface area contributed by atoms with Gasteiger partial charge in [0.1, 0.15) is 29.5 Å². The van der Waals surface area contributed by atoms with E-state index in [1.807, 2.05) is 12.1 Å².